The van der Waals surface area contributed by atoms with Gasteiger partial charge in [0.25, 0.3) is 5.91 Å². The third-order valence-electron chi connectivity index (χ3n) is 3.24. The molecule has 20 heavy (non-hydrogen) atoms. The van der Waals surface area contributed by atoms with Gasteiger partial charge < -0.3 is 11.1 Å². The van der Waals surface area contributed by atoms with E-state index in [1.807, 2.05) is 27.1 Å². The summed E-state index contributed by atoms with van der Waals surface area (Å²) in [7, 11) is 1.85. The molecular weight excluding hydrogens is 256 g/mol. The molecule has 108 valence electrons. The Morgan fingerprint density at radius 3 is 2.60 bits per heavy atom. The maximum absolute atomic E-state index is 12.3. The molecule has 0 saturated heterocycles. The number of nitrogens with one attached hydrogen (secondary N) is 1. The van der Waals surface area contributed by atoms with Crippen molar-refractivity contribution in [1.29, 1.82) is 0 Å². The summed E-state index contributed by atoms with van der Waals surface area (Å²) in [6, 6.07) is 0. The first kappa shape index (κ1) is 14.1. The lowest BCUT2D eigenvalue weighted by Crippen LogP contribution is -2.26. The number of anilines is 1. The molecule has 0 bridgehead atoms. The zero-order chi connectivity index (χ0) is 14.9. The van der Waals surface area contributed by atoms with E-state index in [4.69, 9.17) is 5.73 Å². The third kappa shape index (κ3) is 2.52. The van der Waals surface area contributed by atoms with Gasteiger partial charge in [0.2, 0.25) is 0 Å². The van der Waals surface area contributed by atoms with E-state index in [1.54, 1.807) is 16.3 Å². The Morgan fingerprint density at radius 2 is 2.05 bits per heavy atom. The van der Waals surface area contributed by atoms with Crippen LogP contribution in [0.1, 0.15) is 34.4 Å². The number of aromatic nitrogens is 4. The van der Waals surface area contributed by atoms with Crippen LogP contribution in [-0.4, -0.2) is 25.5 Å². The fourth-order valence-corrected chi connectivity index (χ4v) is 2.15. The fraction of sp³-hybridized carbons (Fsp3) is 0.462. The highest BCUT2D eigenvalue weighted by Crippen LogP contribution is 2.16. The Morgan fingerprint density at radius 1 is 1.35 bits per heavy atom. The predicted molar refractivity (Wildman–Crippen MR) is 76.2 cm³/mol. The van der Waals surface area contributed by atoms with Gasteiger partial charge in [-0.3, -0.25) is 14.2 Å². The van der Waals surface area contributed by atoms with Crippen molar-refractivity contribution in [3.05, 3.63) is 28.8 Å². The Hall–Kier alpha value is -2.31. The lowest BCUT2D eigenvalue weighted by molar-refractivity contribution is 0.0941. The van der Waals surface area contributed by atoms with Crippen molar-refractivity contribution in [2.45, 2.75) is 33.9 Å². The minimum atomic E-state index is -0.215. The molecule has 3 N–H and O–H groups in total. The summed E-state index contributed by atoms with van der Waals surface area (Å²) in [6.45, 7) is 6.66. The van der Waals surface area contributed by atoms with Crippen molar-refractivity contribution in [1.82, 2.24) is 24.9 Å². The van der Waals surface area contributed by atoms with E-state index >= 15 is 0 Å². The molecule has 0 unspecified atom stereocenters. The summed E-state index contributed by atoms with van der Waals surface area (Å²) >= 11 is 0. The number of amides is 1. The maximum atomic E-state index is 12.3. The zero-order valence-electron chi connectivity index (χ0n) is 12.3. The number of nitrogen functional groups attached to an aromatic ring is 1. The predicted octanol–water partition coefficient (Wildman–Crippen LogP) is 0.766. The van der Waals surface area contributed by atoms with Gasteiger partial charge in [-0.2, -0.15) is 10.2 Å². The average molecular weight is 276 g/mol. The molecule has 2 rings (SSSR count). The topological polar surface area (TPSA) is 90.8 Å². The molecule has 2 heterocycles. The van der Waals surface area contributed by atoms with Crippen molar-refractivity contribution in [2.24, 2.45) is 7.05 Å². The molecule has 7 nitrogen and oxygen atoms in total. The van der Waals surface area contributed by atoms with Crippen LogP contribution in [0.15, 0.2) is 6.20 Å². The maximum Gasteiger partial charge on any atom is 0.271 e. The summed E-state index contributed by atoms with van der Waals surface area (Å²) in [5, 5.41) is 11.3. The summed E-state index contributed by atoms with van der Waals surface area (Å²) in [4.78, 5) is 12.3. The first-order valence-electron chi connectivity index (χ1n) is 6.54. The Labute approximate surface area is 117 Å². The minimum Gasteiger partial charge on any atom is -0.395 e. The van der Waals surface area contributed by atoms with Crippen LogP contribution in [0, 0.1) is 13.8 Å². The summed E-state index contributed by atoms with van der Waals surface area (Å²) < 4.78 is 3.35. The second-order valence-corrected chi connectivity index (χ2v) is 4.76. The van der Waals surface area contributed by atoms with Gasteiger partial charge in [-0.25, -0.2) is 0 Å². The average Bonchev–Trinajstić information content (AvgIpc) is 2.87. The first-order chi connectivity index (χ1) is 9.43. The van der Waals surface area contributed by atoms with Crippen LogP contribution < -0.4 is 11.1 Å². The number of carbonyl (C=O) groups excluding carboxylic acids is 1. The molecule has 7 heteroatoms. The van der Waals surface area contributed by atoms with Crippen molar-refractivity contribution < 1.29 is 4.79 Å². The molecule has 2 aromatic heterocycles. The van der Waals surface area contributed by atoms with E-state index in [-0.39, 0.29) is 5.91 Å². The van der Waals surface area contributed by atoms with Crippen LogP contribution in [0.3, 0.4) is 0 Å². The summed E-state index contributed by atoms with van der Waals surface area (Å²) in [5.74, 6) is -0.215. The lowest BCUT2D eigenvalue weighted by Gasteiger charge is -2.07. The van der Waals surface area contributed by atoms with Gasteiger partial charge >= 0.3 is 0 Å². The van der Waals surface area contributed by atoms with Crippen LogP contribution in [0.2, 0.25) is 0 Å². The highest BCUT2D eigenvalue weighted by molar-refractivity contribution is 5.97. The number of aryl methyl sites for hydroxylation is 4. The normalized spacial score (nSPS) is 10.8. The van der Waals surface area contributed by atoms with E-state index in [0.29, 0.717) is 30.2 Å². The molecule has 0 aliphatic heterocycles. The zero-order valence-corrected chi connectivity index (χ0v) is 12.3. The van der Waals surface area contributed by atoms with E-state index < -0.39 is 0 Å². The largest absolute Gasteiger partial charge is 0.395 e. The van der Waals surface area contributed by atoms with Gasteiger partial charge in [0.1, 0.15) is 5.69 Å². The second-order valence-electron chi connectivity index (χ2n) is 4.76. The van der Waals surface area contributed by atoms with Gasteiger partial charge in [0, 0.05) is 31.9 Å². The number of nitrogens with zero attached hydrogens (tertiary/aromatic N) is 4. The van der Waals surface area contributed by atoms with Crippen molar-refractivity contribution in [3.63, 3.8) is 0 Å². The number of carbonyl (C=O) groups is 1. The number of rotatable bonds is 4. The molecule has 1 amide bonds. The van der Waals surface area contributed by atoms with Crippen LogP contribution >= 0.6 is 0 Å². The molecule has 2 aromatic rings. The van der Waals surface area contributed by atoms with Gasteiger partial charge in [-0.1, -0.05) is 0 Å². The smallest absolute Gasteiger partial charge is 0.271 e. The van der Waals surface area contributed by atoms with Crippen LogP contribution in [0.4, 0.5) is 5.69 Å². The summed E-state index contributed by atoms with van der Waals surface area (Å²) in [5.41, 5.74) is 9.35. The monoisotopic (exact) mass is 276 g/mol. The fourth-order valence-electron chi connectivity index (χ4n) is 2.15. The van der Waals surface area contributed by atoms with Crippen molar-refractivity contribution in [2.75, 3.05) is 5.73 Å². The van der Waals surface area contributed by atoms with Gasteiger partial charge in [-0.15, -0.1) is 0 Å². The van der Waals surface area contributed by atoms with Crippen LogP contribution in [0.25, 0.3) is 0 Å². The Kier molecular flexibility index (Phi) is 3.78. The molecular formula is C13H20N6O. The highest BCUT2D eigenvalue weighted by atomic mass is 16.2. The first-order valence-corrected chi connectivity index (χ1v) is 6.54. The number of hydrogen-bond donors (Lipinski definition) is 2. The van der Waals surface area contributed by atoms with Crippen molar-refractivity contribution in [3.8, 4) is 0 Å². The Balaban J connectivity index is 2.15. The van der Waals surface area contributed by atoms with E-state index in [0.717, 1.165) is 11.3 Å². The molecule has 0 aliphatic carbocycles. The molecule has 0 radical (unpaired) electrons. The Bertz CT molecular complexity index is 640. The lowest BCUT2D eigenvalue weighted by atomic mass is 10.2. The number of nitrogens with two attached hydrogens (primary N) is 1. The molecule has 0 fully saturated rings. The molecule has 0 spiro atoms. The number of hydrogen-bond acceptors (Lipinski definition) is 4. The van der Waals surface area contributed by atoms with Gasteiger partial charge in [-0.05, 0) is 20.8 Å². The van der Waals surface area contributed by atoms with Gasteiger partial charge in [0.05, 0.1) is 17.1 Å². The van der Waals surface area contributed by atoms with Crippen molar-refractivity contribution >= 4 is 11.6 Å². The van der Waals surface area contributed by atoms with E-state index in [1.165, 1.54) is 0 Å². The molecule has 0 aromatic carbocycles. The highest BCUT2D eigenvalue weighted by Gasteiger charge is 2.19. The quantitative estimate of drug-likeness (QED) is 0.862. The van der Waals surface area contributed by atoms with Gasteiger partial charge in [0.15, 0.2) is 0 Å². The van der Waals surface area contributed by atoms with E-state index in [2.05, 4.69) is 15.5 Å². The third-order valence-corrected chi connectivity index (χ3v) is 3.24. The minimum absolute atomic E-state index is 0.215. The summed E-state index contributed by atoms with van der Waals surface area (Å²) in [6.07, 6.45) is 1.89. The van der Waals surface area contributed by atoms with Crippen LogP contribution in [-0.2, 0) is 20.1 Å². The molecule has 0 aliphatic rings. The van der Waals surface area contributed by atoms with E-state index in [9.17, 15) is 4.79 Å². The molecule has 0 saturated carbocycles. The molecule has 0 atom stereocenters. The second kappa shape index (κ2) is 5.36. The van der Waals surface area contributed by atoms with Crippen LogP contribution in [0.5, 0.6) is 0 Å². The SMILES string of the molecule is CCn1nc(C)c(N)c1C(=O)NCc1cn(C)nc1C. The standard InChI is InChI=1S/C13H20N6O/c1-5-19-12(11(14)9(3)17-19)13(20)15-6-10-7-18(4)16-8(10)2/h7H,5-6,14H2,1-4H3,(H,15,20).